The van der Waals surface area contributed by atoms with Gasteiger partial charge in [0.1, 0.15) is 0 Å². The predicted octanol–water partition coefficient (Wildman–Crippen LogP) is 1.86. The maximum absolute atomic E-state index is 3.42. The van der Waals surface area contributed by atoms with E-state index in [0.29, 0.717) is 0 Å². The molecule has 0 aromatic rings. The summed E-state index contributed by atoms with van der Waals surface area (Å²) in [6.07, 6.45) is 8.69. The van der Waals surface area contributed by atoms with Gasteiger partial charge in [-0.15, -0.1) is 0 Å². The van der Waals surface area contributed by atoms with Gasteiger partial charge in [-0.05, 0) is 45.2 Å². The van der Waals surface area contributed by atoms with Crippen LogP contribution in [0.3, 0.4) is 0 Å². The second kappa shape index (κ2) is 5.13. The molecule has 0 spiro atoms. The molecule has 1 heterocycles. The highest BCUT2D eigenvalue weighted by Gasteiger charge is 2.22. The molecular formula is C12H24N2. The van der Waals surface area contributed by atoms with E-state index < -0.39 is 0 Å². The highest BCUT2D eigenvalue weighted by molar-refractivity contribution is 4.79. The summed E-state index contributed by atoms with van der Waals surface area (Å²) in [5, 5.41) is 3.42. The molecule has 1 atom stereocenters. The van der Waals surface area contributed by atoms with Gasteiger partial charge < -0.3 is 10.2 Å². The maximum Gasteiger partial charge on any atom is 0.0192 e. The Bertz CT molecular complexity index is 164. The zero-order chi connectivity index (χ0) is 9.80. The Hall–Kier alpha value is -0.0800. The Balaban J connectivity index is 1.73. The molecule has 2 rings (SSSR count). The standard InChI is InChI=1S/C12H24N2/c1-13-12-7-4-8-14(10-12)9-11-5-2-3-6-11/h11-13H,2-10H2,1H3. The fourth-order valence-corrected chi connectivity index (χ4v) is 3.02. The molecule has 2 fully saturated rings. The van der Waals surface area contributed by atoms with E-state index in [2.05, 4.69) is 17.3 Å². The fraction of sp³-hybridized carbons (Fsp3) is 1.00. The van der Waals surface area contributed by atoms with E-state index in [-0.39, 0.29) is 0 Å². The average molecular weight is 196 g/mol. The highest BCUT2D eigenvalue weighted by atomic mass is 15.2. The molecule has 1 aliphatic heterocycles. The molecule has 0 aromatic carbocycles. The summed E-state index contributed by atoms with van der Waals surface area (Å²) in [5.74, 6) is 1.02. The third-order valence-corrected chi connectivity index (χ3v) is 3.90. The third kappa shape index (κ3) is 2.71. The molecule has 0 radical (unpaired) electrons. The van der Waals surface area contributed by atoms with Crippen LogP contribution in [0.1, 0.15) is 38.5 Å². The van der Waals surface area contributed by atoms with Gasteiger partial charge in [-0.1, -0.05) is 12.8 Å². The SMILES string of the molecule is CNC1CCCN(CC2CCCC2)C1. The van der Waals surface area contributed by atoms with E-state index in [1.54, 1.807) is 0 Å². The molecule has 82 valence electrons. The van der Waals surface area contributed by atoms with Gasteiger partial charge >= 0.3 is 0 Å². The number of hydrogen-bond acceptors (Lipinski definition) is 2. The van der Waals surface area contributed by atoms with Crippen molar-refractivity contribution in [1.82, 2.24) is 10.2 Å². The number of nitrogens with one attached hydrogen (secondary N) is 1. The Labute approximate surface area is 88.1 Å². The molecule has 14 heavy (non-hydrogen) atoms. The first kappa shape index (κ1) is 10.4. The molecule has 0 amide bonds. The van der Waals surface area contributed by atoms with Crippen molar-refractivity contribution in [1.29, 1.82) is 0 Å². The first-order valence-electron chi connectivity index (χ1n) is 6.28. The van der Waals surface area contributed by atoms with E-state index >= 15 is 0 Å². The number of likely N-dealkylation sites (tertiary alicyclic amines) is 1. The van der Waals surface area contributed by atoms with E-state index in [1.807, 2.05) is 0 Å². The van der Waals surface area contributed by atoms with Gasteiger partial charge in [0, 0.05) is 19.1 Å². The lowest BCUT2D eigenvalue weighted by Gasteiger charge is -2.34. The van der Waals surface area contributed by atoms with E-state index in [1.165, 1.54) is 58.2 Å². The van der Waals surface area contributed by atoms with Crippen LogP contribution in [-0.2, 0) is 0 Å². The second-order valence-corrected chi connectivity index (χ2v) is 5.04. The summed E-state index contributed by atoms with van der Waals surface area (Å²) >= 11 is 0. The minimum absolute atomic E-state index is 0.755. The fourth-order valence-electron chi connectivity index (χ4n) is 3.02. The molecule has 0 aromatic heterocycles. The first-order chi connectivity index (χ1) is 6.88. The van der Waals surface area contributed by atoms with Crippen LogP contribution < -0.4 is 5.32 Å². The van der Waals surface area contributed by atoms with Crippen LogP contribution >= 0.6 is 0 Å². The molecule has 0 bridgehead atoms. The van der Waals surface area contributed by atoms with Crippen LogP contribution in [0.15, 0.2) is 0 Å². The normalized spacial score (nSPS) is 31.1. The van der Waals surface area contributed by atoms with Crippen molar-refractivity contribution in [2.75, 3.05) is 26.7 Å². The van der Waals surface area contributed by atoms with Crippen molar-refractivity contribution in [2.24, 2.45) is 5.92 Å². The monoisotopic (exact) mass is 196 g/mol. The van der Waals surface area contributed by atoms with Crippen molar-refractivity contribution in [2.45, 2.75) is 44.6 Å². The minimum atomic E-state index is 0.755. The van der Waals surface area contributed by atoms with Crippen molar-refractivity contribution < 1.29 is 0 Å². The zero-order valence-corrected chi connectivity index (χ0v) is 9.47. The van der Waals surface area contributed by atoms with Crippen LogP contribution in [-0.4, -0.2) is 37.6 Å². The van der Waals surface area contributed by atoms with Gasteiger partial charge in [-0.3, -0.25) is 0 Å². The van der Waals surface area contributed by atoms with Gasteiger partial charge in [0.05, 0.1) is 0 Å². The number of hydrogen-bond donors (Lipinski definition) is 1. The Morgan fingerprint density at radius 3 is 2.64 bits per heavy atom. The number of piperidine rings is 1. The number of likely N-dealkylation sites (N-methyl/N-ethyl adjacent to an activating group) is 1. The quantitative estimate of drug-likeness (QED) is 0.741. The lowest BCUT2D eigenvalue weighted by molar-refractivity contribution is 0.170. The van der Waals surface area contributed by atoms with E-state index in [4.69, 9.17) is 0 Å². The molecule has 2 heteroatoms. The molecule has 1 N–H and O–H groups in total. The van der Waals surface area contributed by atoms with Gasteiger partial charge in [-0.2, -0.15) is 0 Å². The Morgan fingerprint density at radius 2 is 1.93 bits per heavy atom. The summed E-state index contributed by atoms with van der Waals surface area (Å²) in [6.45, 7) is 4.00. The maximum atomic E-state index is 3.42. The molecule has 1 saturated heterocycles. The molecule has 1 aliphatic carbocycles. The Morgan fingerprint density at radius 1 is 1.14 bits per heavy atom. The van der Waals surface area contributed by atoms with Crippen LogP contribution in [0, 0.1) is 5.92 Å². The highest BCUT2D eigenvalue weighted by Crippen LogP contribution is 2.26. The first-order valence-corrected chi connectivity index (χ1v) is 6.28. The van der Waals surface area contributed by atoms with Crippen molar-refractivity contribution >= 4 is 0 Å². The van der Waals surface area contributed by atoms with Gasteiger partial charge in [-0.25, -0.2) is 0 Å². The molecule has 1 saturated carbocycles. The van der Waals surface area contributed by atoms with Crippen LogP contribution in [0.4, 0.5) is 0 Å². The van der Waals surface area contributed by atoms with Crippen LogP contribution in [0.5, 0.6) is 0 Å². The predicted molar refractivity (Wildman–Crippen MR) is 60.5 cm³/mol. The zero-order valence-electron chi connectivity index (χ0n) is 9.47. The summed E-state index contributed by atoms with van der Waals surface area (Å²) in [4.78, 5) is 2.68. The number of nitrogens with zero attached hydrogens (tertiary/aromatic N) is 1. The lowest BCUT2D eigenvalue weighted by Crippen LogP contribution is -2.45. The third-order valence-electron chi connectivity index (χ3n) is 3.90. The van der Waals surface area contributed by atoms with Gasteiger partial charge in [0.2, 0.25) is 0 Å². The van der Waals surface area contributed by atoms with E-state index in [0.717, 1.165) is 12.0 Å². The summed E-state index contributed by atoms with van der Waals surface area (Å²) in [7, 11) is 2.10. The summed E-state index contributed by atoms with van der Waals surface area (Å²) < 4.78 is 0. The molecule has 1 unspecified atom stereocenters. The van der Waals surface area contributed by atoms with Gasteiger partial charge in [0.25, 0.3) is 0 Å². The lowest BCUT2D eigenvalue weighted by atomic mass is 10.0. The molecule has 2 aliphatic rings. The van der Waals surface area contributed by atoms with Gasteiger partial charge in [0.15, 0.2) is 0 Å². The van der Waals surface area contributed by atoms with Crippen molar-refractivity contribution in [3.8, 4) is 0 Å². The molecular weight excluding hydrogens is 172 g/mol. The van der Waals surface area contributed by atoms with Crippen molar-refractivity contribution in [3.05, 3.63) is 0 Å². The largest absolute Gasteiger partial charge is 0.316 e. The van der Waals surface area contributed by atoms with E-state index in [9.17, 15) is 0 Å². The number of rotatable bonds is 3. The van der Waals surface area contributed by atoms with Crippen molar-refractivity contribution in [3.63, 3.8) is 0 Å². The topological polar surface area (TPSA) is 15.3 Å². The summed E-state index contributed by atoms with van der Waals surface area (Å²) in [5.41, 5.74) is 0. The van der Waals surface area contributed by atoms with Crippen LogP contribution in [0.25, 0.3) is 0 Å². The smallest absolute Gasteiger partial charge is 0.0192 e. The Kier molecular flexibility index (Phi) is 3.82. The molecule has 2 nitrogen and oxygen atoms in total. The van der Waals surface area contributed by atoms with Crippen LogP contribution in [0.2, 0.25) is 0 Å². The average Bonchev–Trinajstić information content (AvgIpc) is 2.71. The second-order valence-electron chi connectivity index (χ2n) is 5.04. The minimum Gasteiger partial charge on any atom is -0.316 e. The summed E-state index contributed by atoms with van der Waals surface area (Å²) in [6, 6.07) is 0.755.